The fraction of sp³-hybridized carbons (Fsp3) is 0.250. The first-order valence-corrected chi connectivity index (χ1v) is 6.76. The number of carbonyl (C=O) groups excluding carboxylic acids is 3. The van der Waals surface area contributed by atoms with Gasteiger partial charge in [0, 0.05) is 0 Å². The van der Waals surface area contributed by atoms with E-state index >= 15 is 0 Å². The molecule has 0 amide bonds. The van der Waals surface area contributed by atoms with E-state index in [9.17, 15) is 69.5 Å². The predicted octanol–water partition coefficient (Wildman–Crippen LogP) is -1.76. The van der Waals surface area contributed by atoms with Crippen LogP contribution in [0.3, 0.4) is 0 Å². The average molecular weight is 619 g/mol. The fourth-order valence-corrected chi connectivity index (χ4v) is 1.64. The van der Waals surface area contributed by atoms with Gasteiger partial charge in [-0.1, -0.05) is 13.4 Å². The van der Waals surface area contributed by atoms with E-state index in [0.717, 1.165) is 0 Å². The second-order valence-corrected chi connectivity index (χ2v) is 4.89. The Morgan fingerprint density at radius 2 is 0.742 bits per heavy atom. The van der Waals surface area contributed by atoms with Crippen LogP contribution in [0.2, 0.25) is 0 Å². The Morgan fingerprint density at radius 1 is 0.581 bits per heavy atom. The van der Waals surface area contributed by atoms with Gasteiger partial charge in [-0.25, -0.2) is 26.3 Å². The summed E-state index contributed by atoms with van der Waals surface area (Å²) in [6.45, 7) is 0. The minimum Gasteiger partial charge on any atom is -0.543 e. The van der Waals surface area contributed by atoms with Crippen molar-refractivity contribution in [3.63, 3.8) is 0 Å². The maximum absolute atomic E-state index is 11.9. The Bertz CT molecular complexity index is 759. The van der Waals surface area contributed by atoms with Crippen LogP contribution in [0.15, 0.2) is 34.6 Å². The summed E-state index contributed by atoms with van der Waals surface area (Å²) in [6.07, 6.45) is -7.73. The van der Waals surface area contributed by atoms with E-state index in [1.54, 1.807) is 0 Å². The molecule has 3 atom stereocenters. The largest absolute Gasteiger partial charge is 3.00 e. The number of halogens is 9. The Kier molecular flexibility index (Phi) is 10.00. The third-order valence-corrected chi connectivity index (χ3v) is 3.12. The van der Waals surface area contributed by atoms with Crippen molar-refractivity contribution in [2.45, 2.75) is 18.9 Å². The predicted molar refractivity (Wildman–Crippen MR) is 63.0 cm³/mol. The Balaban J connectivity index is 0.000000429. The molecule has 3 unspecified atom stereocenters. The van der Waals surface area contributed by atoms with Crippen molar-refractivity contribution in [3.05, 3.63) is 34.6 Å². The Labute approximate surface area is 194 Å². The number of aliphatic carboxylic acids is 3. The van der Waals surface area contributed by atoms with E-state index in [0.29, 0.717) is 0 Å². The molecule has 3 aliphatic heterocycles. The zero-order chi connectivity index (χ0) is 23.7. The number of carboxylic acids is 3. The molecule has 3 rings (SSSR count). The van der Waals surface area contributed by atoms with Crippen molar-refractivity contribution >= 4 is 17.9 Å². The van der Waals surface area contributed by atoms with Gasteiger partial charge < -0.3 is 29.7 Å². The van der Waals surface area contributed by atoms with Crippen LogP contribution >= 0.6 is 0 Å². The van der Waals surface area contributed by atoms with E-state index in [-0.39, 0.29) is 38.2 Å². The minimum atomic E-state index is -2.58. The molecule has 0 bridgehead atoms. The average Bonchev–Trinajstić information content (AvgIpc) is 2.67. The molecule has 0 aliphatic carbocycles. The monoisotopic (exact) mass is 620 g/mol. The van der Waals surface area contributed by atoms with Gasteiger partial charge in [0.05, 0.1) is 17.9 Å². The van der Waals surface area contributed by atoms with Crippen molar-refractivity contribution < 1.29 is 108 Å². The van der Waals surface area contributed by atoms with Crippen LogP contribution < -0.4 is 15.3 Å². The van der Waals surface area contributed by atoms with Crippen LogP contribution in [0.5, 0.6) is 0 Å². The summed E-state index contributed by atoms with van der Waals surface area (Å²) in [5.41, 5.74) is -4.10. The van der Waals surface area contributed by atoms with Crippen LogP contribution in [-0.4, -0.2) is 52.2 Å². The zero-order valence-corrected chi connectivity index (χ0v) is 15.8. The van der Waals surface area contributed by atoms with Crippen molar-refractivity contribution in [1.82, 2.24) is 15.4 Å². The zero-order valence-electron chi connectivity index (χ0n) is 13.7. The summed E-state index contributed by atoms with van der Waals surface area (Å²) in [5.74, 6) is -11.1. The number of rotatable bonds is 3. The van der Waals surface area contributed by atoms with E-state index in [1.165, 1.54) is 0 Å². The topological polar surface area (TPSA) is 130 Å². The summed E-state index contributed by atoms with van der Waals surface area (Å²) in [4.78, 5) is 29.1. The molecule has 0 aromatic heterocycles. The fourth-order valence-electron chi connectivity index (χ4n) is 1.64. The maximum Gasteiger partial charge on any atom is 3.00 e. The third kappa shape index (κ3) is 5.48. The van der Waals surface area contributed by atoms with Gasteiger partial charge in [0.2, 0.25) is 0 Å². The molecule has 0 saturated carbocycles. The number of hydrogen-bond acceptors (Lipinski definition) is 9. The van der Waals surface area contributed by atoms with Crippen LogP contribution in [-0.2, 0) is 14.4 Å². The molecule has 0 aromatic carbocycles. The first-order chi connectivity index (χ1) is 13.7. The van der Waals surface area contributed by atoms with E-state index in [1.807, 2.05) is 0 Å². The first kappa shape index (κ1) is 28.7. The van der Waals surface area contributed by atoms with Gasteiger partial charge in [-0.3, -0.25) is 0 Å². The molecule has 0 saturated heterocycles. The Hall–Kier alpha value is -2.33. The summed E-state index contributed by atoms with van der Waals surface area (Å²) >= 11 is 0. The maximum atomic E-state index is 11.9. The first-order valence-electron chi connectivity index (χ1n) is 6.76. The molecular weight excluding hydrogens is 616 g/mol. The van der Waals surface area contributed by atoms with Crippen molar-refractivity contribution in [2.24, 2.45) is 0 Å². The number of carbonyl (C=O) groups is 3. The van der Waals surface area contributed by atoms with Gasteiger partial charge in [-0.2, -0.15) is 15.4 Å². The van der Waals surface area contributed by atoms with E-state index in [2.05, 4.69) is 0 Å². The minimum absolute atomic E-state index is 0. The summed E-state index contributed by atoms with van der Waals surface area (Å²) in [5, 5.41) is 26.5. The molecule has 31 heavy (non-hydrogen) atoms. The van der Waals surface area contributed by atoms with Gasteiger partial charge in [-0.05, 0) is 0 Å². The summed E-state index contributed by atoms with van der Waals surface area (Å²) < 4.78 is 106. The molecule has 0 spiro atoms. The second-order valence-electron chi connectivity index (χ2n) is 4.89. The summed E-state index contributed by atoms with van der Waals surface area (Å²) in [7, 11) is 0. The van der Waals surface area contributed by atoms with Crippen LogP contribution in [0.4, 0.5) is 39.8 Å². The van der Waals surface area contributed by atoms with Gasteiger partial charge in [0.15, 0.2) is 17.5 Å². The van der Waals surface area contributed by atoms with Crippen LogP contribution in [0.1, 0.15) is 0 Å². The molecule has 1 radical (unpaired) electrons. The van der Waals surface area contributed by atoms with Crippen molar-refractivity contribution in [2.75, 3.05) is 0 Å². The molecule has 3 heterocycles. The van der Waals surface area contributed by atoms with Crippen molar-refractivity contribution in [3.8, 4) is 0 Å². The smallest absolute Gasteiger partial charge is 0.543 e. The standard InChI is InChI=1S/3C4H2F3NO2.Dy/c3*5-1-2(4(9)10)8(7)3(1)6;/h3*3H,(H,9,10);/q;;;+3/p-3. The van der Waals surface area contributed by atoms with Crippen LogP contribution in [0, 0.1) is 38.2 Å². The number of nitrogens with zero attached hydrogens (tertiary/aromatic N) is 3. The quantitative estimate of drug-likeness (QED) is 0.205. The van der Waals surface area contributed by atoms with E-state index in [4.69, 9.17) is 0 Å². The number of alkyl halides is 3. The van der Waals surface area contributed by atoms with Crippen LogP contribution in [0.25, 0.3) is 0 Å². The molecule has 175 valence electrons. The summed E-state index contributed by atoms with van der Waals surface area (Å²) in [6, 6.07) is 0. The molecule has 0 fully saturated rings. The van der Waals surface area contributed by atoms with Gasteiger partial charge in [-0.15, -0.1) is 0 Å². The number of carboxylic acid groups (broad SMARTS) is 3. The third-order valence-electron chi connectivity index (χ3n) is 3.12. The molecule has 0 N–H and O–H groups in total. The normalized spacial score (nSPS) is 23.9. The molecule has 19 heteroatoms. The van der Waals surface area contributed by atoms with Crippen molar-refractivity contribution in [1.29, 1.82) is 0 Å². The number of hydrogen-bond donors (Lipinski definition) is 0. The Morgan fingerprint density at radius 3 is 0.806 bits per heavy atom. The van der Waals surface area contributed by atoms with Gasteiger partial charge in [0.1, 0.15) is 17.1 Å². The SMILES string of the molecule is O=C([O-])C1=C(F)C(F)N1F.O=C([O-])C1=C(F)C(F)N1F.O=C([O-])C1=C(F)C(F)N1F.[Dy+3]. The van der Waals surface area contributed by atoms with E-state index < -0.39 is 86.7 Å². The molecule has 3 aliphatic rings. The second kappa shape index (κ2) is 10.8. The molecular formula is C12H3DyF9N3O6. The molecule has 0 aromatic rings. The molecule has 9 nitrogen and oxygen atoms in total. The van der Waals surface area contributed by atoms with Gasteiger partial charge >= 0.3 is 38.2 Å². The van der Waals surface area contributed by atoms with Gasteiger partial charge in [0.25, 0.3) is 18.9 Å².